The Hall–Kier alpha value is -3.62. The number of carbonyl (C=O) groups is 1. The first-order valence-corrected chi connectivity index (χ1v) is 8.74. The van der Waals surface area contributed by atoms with Crippen molar-refractivity contribution in [1.29, 1.82) is 0 Å². The predicted octanol–water partition coefficient (Wildman–Crippen LogP) is 2.97. The van der Waals surface area contributed by atoms with E-state index in [-0.39, 0.29) is 18.0 Å². The highest BCUT2D eigenvalue weighted by Crippen LogP contribution is 2.23. The van der Waals surface area contributed by atoms with Crippen LogP contribution in [0.2, 0.25) is 0 Å². The van der Waals surface area contributed by atoms with Crippen LogP contribution in [0.15, 0.2) is 47.1 Å². The van der Waals surface area contributed by atoms with Gasteiger partial charge in [0.15, 0.2) is 17.3 Å². The van der Waals surface area contributed by atoms with Gasteiger partial charge in [0, 0.05) is 12.1 Å². The van der Waals surface area contributed by atoms with Crippen molar-refractivity contribution in [3.05, 3.63) is 65.6 Å². The van der Waals surface area contributed by atoms with Crippen molar-refractivity contribution in [3.8, 4) is 11.5 Å². The summed E-state index contributed by atoms with van der Waals surface area (Å²) in [6, 6.07) is 9.40. The maximum atomic E-state index is 13.7. The fourth-order valence-corrected chi connectivity index (χ4v) is 2.73. The Bertz CT molecular complexity index is 1150. The standard InChI is InChI=1S/C19H17FN6O2/c1-11(2)16-22-19(28-25-16)13-7-5-9-26-15(23-24-17(13)26)10-21-18(27)12-6-3-4-8-14(12)20/h3-9,11H,10H2,1-2H3,(H,21,27). The molecular formula is C19H17FN6O2. The van der Waals surface area contributed by atoms with Gasteiger partial charge in [-0.25, -0.2) is 4.39 Å². The smallest absolute Gasteiger partial charge is 0.261 e. The number of nitrogens with one attached hydrogen (secondary N) is 1. The number of halogens is 1. The van der Waals surface area contributed by atoms with Gasteiger partial charge >= 0.3 is 0 Å². The van der Waals surface area contributed by atoms with Gasteiger partial charge < -0.3 is 9.84 Å². The van der Waals surface area contributed by atoms with Crippen molar-refractivity contribution in [1.82, 2.24) is 30.1 Å². The Morgan fingerprint density at radius 1 is 1.21 bits per heavy atom. The molecule has 3 aromatic heterocycles. The zero-order valence-corrected chi connectivity index (χ0v) is 15.3. The molecule has 1 amide bonds. The third kappa shape index (κ3) is 3.22. The number of rotatable bonds is 5. The van der Waals surface area contributed by atoms with Crippen LogP contribution in [0.5, 0.6) is 0 Å². The Morgan fingerprint density at radius 2 is 2.04 bits per heavy atom. The van der Waals surface area contributed by atoms with E-state index in [0.717, 1.165) is 0 Å². The first-order chi connectivity index (χ1) is 13.5. The van der Waals surface area contributed by atoms with Crippen molar-refractivity contribution in [3.63, 3.8) is 0 Å². The molecule has 0 atom stereocenters. The molecule has 0 saturated heterocycles. The molecule has 142 valence electrons. The zero-order valence-electron chi connectivity index (χ0n) is 15.3. The summed E-state index contributed by atoms with van der Waals surface area (Å²) in [7, 11) is 0. The van der Waals surface area contributed by atoms with Gasteiger partial charge in [0.1, 0.15) is 5.82 Å². The van der Waals surface area contributed by atoms with E-state index in [1.807, 2.05) is 19.9 Å². The molecule has 0 aliphatic rings. The maximum absolute atomic E-state index is 13.7. The minimum absolute atomic E-state index is 0.0240. The minimum Gasteiger partial charge on any atom is -0.345 e. The molecule has 0 fully saturated rings. The molecule has 4 aromatic rings. The fourth-order valence-electron chi connectivity index (χ4n) is 2.73. The first kappa shape index (κ1) is 17.8. The molecule has 0 aliphatic carbocycles. The Labute approximate surface area is 159 Å². The van der Waals surface area contributed by atoms with E-state index >= 15 is 0 Å². The summed E-state index contributed by atoms with van der Waals surface area (Å²) in [4.78, 5) is 16.6. The first-order valence-electron chi connectivity index (χ1n) is 8.74. The number of hydrogen-bond donors (Lipinski definition) is 1. The van der Waals surface area contributed by atoms with Crippen molar-refractivity contribution in [2.75, 3.05) is 0 Å². The number of fused-ring (bicyclic) bond motifs is 1. The molecule has 1 aromatic carbocycles. The van der Waals surface area contributed by atoms with Crippen LogP contribution in [0.1, 0.15) is 41.8 Å². The molecule has 8 nitrogen and oxygen atoms in total. The van der Waals surface area contributed by atoms with Crippen LogP contribution in [0.25, 0.3) is 17.1 Å². The van der Waals surface area contributed by atoms with Gasteiger partial charge in [-0.15, -0.1) is 10.2 Å². The maximum Gasteiger partial charge on any atom is 0.261 e. The average Bonchev–Trinajstić information content (AvgIpc) is 3.34. The van der Waals surface area contributed by atoms with Crippen molar-refractivity contribution in [2.24, 2.45) is 0 Å². The molecule has 9 heteroatoms. The van der Waals surface area contributed by atoms with E-state index in [9.17, 15) is 9.18 Å². The zero-order chi connectivity index (χ0) is 19.7. The summed E-state index contributed by atoms with van der Waals surface area (Å²) in [5.41, 5.74) is 1.14. The van der Waals surface area contributed by atoms with Gasteiger partial charge in [0.2, 0.25) is 0 Å². The van der Waals surface area contributed by atoms with E-state index in [0.29, 0.717) is 28.8 Å². The lowest BCUT2D eigenvalue weighted by atomic mass is 10.2. The van der Waals surface area contributed by atoms with Crippen LogP contribution in [-0.4, -0.2) is 30.6 Å². The lowest BCUT2D eigenvalue weighted by Crippen LogP contribution is -2.24. The monoisotopic (exact) mass is 380 g/mol. The highest BCUT2D eigenvalue weighted by molar-refractivity contribution is 5.94. The average molecular weight is 380 g/mol. The lowest BCUT2D eigenvalue weighted by Gasteiger charge is -2.05. The van der Waals surface area contributed by atoms with Crippen molar-refractivity contribution in [2.45, 2.75) is 26.3 Å². The Kier molecular flexibility index (Phi) is 4.56. The number of aromatic nitrogens is 5. The molecule has 0 saturated carbocycles. The van der Waals surface area contributed by atoms with Crippen LogP contribution in [0.4, 0.5) is 4.39 Å². The number of pyridine rings is 1. The van der Waals surface area contributed by atoms with E-state index < -0.39 is 11.7 Å². The SMILES string of the molecule is CC(C)c1noc(-c2cccn3c(CNC(=O)c4ccccc4F)nnc23)n1. The van der Waals surface area contributed by atoms with Crippen molar-refractivity contribution < 1.29 is 13.7 Å². The topological polar surface area (TPSA) is 98.2 Å². The third-order valence-corrected chi connectivity index (χ3v) is 4.22. The molecule has 4 rings (SSSR count). The fraction of sp³-hybridized carbons (Fsp3) is 0.211. The third-order valence-electron chi connectivity index (χ3n) is 4.22. The van der Waals surface area contributed by atoms with E-state index in [4.69, 9.17) is 4.52 Å². The summed E-state index contributed by atoms with van der Waals surface area (Å²) in [5.74, 6) is 0.483. The molecule has 0 radical (unpaired) electrons. The van der Waals surface area contributed by atoms with Gasteiger partial charge in [-0.1, -0.05) is 31.1 Å². The quantitative estimate of drug-likeness (QED) is 0.572. The van der Waals surface area contributed by atoms with Gasteiger partial charge in [-0.05, 0) is 24.3 Å². The van der Waals surface area contributed by atoms with Gasteiger partial charge in [0.25, 0.3) is 11.8 Å². The minimum atomic E-state index is -0.578. The second kappa shape index (κ2) is 7.18. The van der Waals surface area contributed by atoms with E-state index in [1.165, 1.54) is 18.2 Å². The van der Waals surface area contributed by atoms with Crippen LogP contribution in [-0.2, 0) is 6.54 Å². The number of hydrogen-bond acceptors (Lipinski definition) is 6. The highest BCUT2D eigenvalue weighted by atomic mass is 19.1. The number of carbonyl (C=O) groups excluding carboxylic acids is 1. The molecule has 0 bridgehead atoms. The summed E-state index contributed by atoms with van der Waals surface area (Å²) >= 11 is 0. The molecule has 3 heterocycles. The Morgan fingerprint density at radius 3 is 2.79 bits per heavy atom. The van der Waals surface area contributed by atoms with E-state index in [2.05, 4.69) is 25.7 Å². The predicted molar refractivity (Wildman–Crippen MR) is 97.9 cm³/mol. The van der Waals surface area contributed by atoms with Crippen LogP contribution >= 0.6 is 0 Å². The van der Waals surface area contributed by atoms with Crippen LogP contribution < -0.4 is 5.32 Å². The van der Waals surface area contributed by atoms with E-state index in [1.54, 1.807) is 22.7 Å². The van der Waals surface area contributed by atoms with Gasteiger partial charge in [-0.3, -0.25) is 9.20 Å². The van der Waals surface area contributed by atoms with Gasteiger partial charge in [-0.2, -0.15) is 4.98 Å². The molecular weight excluding hydrogens is 363 g/mol. The summed E-state index contributed by atoms with van der Waals surface area (Å²) < 4.78 is 20.8. The summed E-state index contributed by atoms with van der Waals surface area (Å²) in [5, 5.41) is 14.9. The number of nitrogens with zero attached hydrogens (tertiary/aromatic N) is 5. The largest absolute Gasteiger partial charge is 0.345 e. The second-order valence-electron chi connectivity index (χ2n) is 6.51. The molecule has 0 aliphatic heterocycles. The Balaban J connectivity index is 1.60. The second-order valence-corrected chi connectivity index (χ2v) is 6.51. The summed E-state index contributed by atoms with van der Waals surface area (Å²) in [6.07, 6.45) is 1.77. The molecule has 0 unspecified atom stereocenters. The number of amides is 1. The number of benzene rings is 1. The van der Waals surface area contributed by atoms with Crippen LogP contribution in [0, 0.1) is 5.82 Å². The van der Waals surface area contributed by atoms with Crippen LogP contribution in [0.3, 0.4) is 0 Å². The summed E-state index contributed by atoms with van der Waals surface area (Å²) in [6.45, 7) is 4.03. The van der Waals surface area contributed by atoms with Crippen molar-refractivity contribution >= 4 is 11.6 Å². The van der Waals surface area contributed by atoms with Gasteiger partial charge in [0.05, 0.1) is 17.7 Å². The molecule has 0 spiro atoms. The molecule has 28 heavy (non-hydrogen) atoms. The highest BCUT2D eigenvalue weighted by Gasteiger charge is 2.18. The lowest BCUT2D eigenvalue weighted by molar-refractivity contribution is 0.0945. The molecule has 1 N–H and O–H groups in total. The normalized spacial score (nSPS) is 11.3.